The summed E-state index contributed by atoms with van der Waals surface area (Å²) in [6.07, 6.45) is 6.67. The Morgan fingerprint density at radius 2 is 2.25 bits per heavy atom. The Hall–Kier alpha value is -1.16. The summed E-state index contributed by atoms with van der Waals surface area (Å²) in [5, 5.41) is 10.2. The van der Waals surface area contributed by atoms with Crippen LogP contribution >= 0.6 is 0 Å². The fourth-order valence-corrected chi connectivity index (χ4v) is 2.39. The van der Waals surface area contributed by atoms with Gasteiger partial charge < -0.3 is 10.0 Å². The van der Waals surface area contributed by atoms with Gasteiger partial charge in [0.05, 0.1) is 11.6 Å². The van der Waals surface area contributed by atoms with E-state index in [1.54, 1.807) is 12.5 Å². The number of hydrogen-bond acceptors (Lipinski definition) is 4. The molecule has 1 aromatic heterocycles. The molecule has 88 valence electrons. The summed E-state index contributed by atoms with van der Waals surface area (Å²) in [4.78, 5) is 10.4. The molecule has 1 aliphatic rings. The smallest absolute Gasteiger partial charge is 0.132 e. The summed E-state index contributed by atoms with van der Waals surface area (Å²) in [6, 6.07) is 2.06. The van der Waals surface area contributed by atoms with Gasteiger partial charge >= 0.3 is 0 Å². The molecule has 16 heavy (non-hydrogen) atoms. The molecule has 1 saturated heterocycles. The molecule has 1 aromatic rings. The van der Waals surface area contributed by atoms with Crippen molar-refractivity contribution >= 4 is 5.82 Å². The molecule has 0 spiro atoms. The van der Waals surface area contributed by atoms with Crippen molar-refractivity contribution in [3.63, 3.8) is 0 Å². The van der Waals surface area contributed by atoms with E-state index in [0.29, 0.717) is 0 Å². The number of anilines is 1. The van der Waals surface area contributed by atoms with Crippen molar-refractivity contribution in [3.8, 4) is 0 Å². The van der Waals surface area contributed by atoms with E-state index in [2.05, 4.69) is 14.9 Å². The highest BCUT2D eigenvalue weighted by atomic mass is 16.3. The lowest BCUT2D eigenvalue weighted by molar-refractivity contribution is 0.0399. The molecule has 0 saturated carbocycles. The minimum absolute atomic E-state index is 0.149. The van der Waals surface area contributed by atoms with Crippen molar-refractivity contribution in [1.29, 1.82) is 0 Å². The summed E-state index contributed by atoms with van der Waals surface area (Å²) in [5.41, 5.74) is -0.689. The first kappa shape index (κ1) is 11.3. The SMILES string of the molecule is CC(C)(O)C1CCCCN1c1ccncn1. The summed E-state index contributed by atoms with van der Waals surface area (Å²) in [5.74, 6) is 0.918. The summed E-state index contributed by atoms with van der Waals surface area (Å²) >= 11 is 0. The molecule has 1 N–H and O–H groups in total. The van der Waals surface area contributed by atoms with Gasteiger partial charge in [-0.1, -0.05) is 0 Å². The topological polar surface area (TPSA) is 49.2 Å². The molecular formula is C12H19N3O. The number of piperidine rings is 1. The van der Waals surface area contributed by atoms with Gasteiger partial charge in [-0.3, -0.25) is 0 Å². The molecule has 1 fully saturated rings. The number of hydrogen-bond donors (Lipinski definition) is 1. The maximum Gasteiger partial charge on any atom is 0.132 e. The number of aromatic nitrogens is 2. The zero-order valence-electron chi connectivity index (χ0n) is 9.93. The molecule has 0 aromatic carbocycles. The quantitative estimate of drug-likeness (QED) is 0.824. The minimum Gasteiger partial charge on any atom is -0.388 e. The first-order valence-corrected chi connectivity index (χ1v) is 5.84. The van der Waals surface area contributed by atoms with Crippen LogP contribution in [0.2, 0.25) is 0 Å². The number of nitrogens with zero attached hydrogens (tertiary/aromatic N) is 3. The van der Waals surface area contributed by atoms with E-state index in [1.807, 2.05) is 19.9 Å². The molecule has 1 atom stereocenters. The second kappa shape index (κ2) is 4.37. The van der Waals surface area contributed by atoms with Crippen LogP contribution in [0.1, 0.15) is 33.1 Å². The van der Waals surface area contributed by atoms with Crippen molar-refractivity contribution in [2.75, 3.05) is 11.4 Å². The van der Waals surface area contributed by atoms with Gasteiger partial charge in [0.2, 0.25) is 0 Å². The normalized spacial score (nSPS) is 22.2. The van der Waals surface area contributed by atoms with E-state index >= 15 is 0 Å². The van der Waals surface area contributed by atoms with E-state index in [0.717, 1.165) is 25.2 Å². The summed E-state index contributed by atoms with van der Waals surface area (Å²) in [6.45, 7) is 4.71. The molecule has 4 heteroatoms. The molecule has 0 amide bonds. The van der Waals surface area contributed by atoms with Crippen LogP contribution in [0.4, 0.5) is 5.82 Å². The highest BCUT2D eigenvalue weighted by Crippen LogP contribution is 2.29. The highest BCUT2D eigenvalue weighted by Gasteiger charge is 2.34. The first-order chi connectivity index (χ1) is 7.59. The Morgan fingerprint density at radius 3 is 2.88 bits per heavy atom. The fraction of sp³-hybridized carbons (Fsp3) is 0.667. The van der Waals surface area contributed by atoms with Crippen LogP contribution in [-0.4, -0.2) is 33.3 Å². The fourth-order valence-electron chi connectivity index (χ4n) is 2.39. The van der Waals surface area contributed by atoms with Crippen molar-refractivity contribution in [3.05, 3.63) is 18.6 Å². The summed E-state index contributed by atoms with van der Waals surface area (Å²) < 4.78 is 0. The third-order valence-electron chi connectivity index (χ3n) is 3.18. The van der Waals surface area contributed by atoms with Crippen LogP contribution in [0.5, 0.6) is 0 Å². The minimum atomic E-state index is -0.689. The highest BCUT2D eigenvalue weighted by molar-refractivity contribution is 5.39. The Labute approximate surface area is 96.3 Å². The average Bonchev–Trinajstić information content (AvgIpc) is 2.29. The van der Waals surface area contributed by atoms with Crippen LogP contribution < -0.4 is 4.90 Å². The van der Waals surface area contributed by atoms with E-state index < -0.39 is 5.60 Å². The monoisotopic (exact) mass is 221 g/mol. The van der Waals surface area contributed by atoms with Crippen molar-refractivity contribution in [1.82, 2.24) is 9.97 Å². The van der Waals surface area contributed by atoms with Crippen LogP contribution in [0, 0.1) is 0 Å². The lowest BCUT2D eigenvalue weighted by Crippen LogP contribution is -2.52. The van der Waals surface area contributed by atoms with E-state index in [4.69, 9.17) is 0 Å². The second-order valence-corrected chi connectivity index (χ2v) is 4.93. The third-order valence-corrected chi connectivity index (χ3v) is 3.18. The Balaban J connectivity index is 2.24. The molecular weight excluding hydrogens is 202 g/mol. The zero-order valence-corrected chi connectivity index (χ0v) is 9.93. The molecule has 2 rings (SSSR count). The van der Waals surface area contributed by atoms with Gasteiger partial charge in [-0.15, -0.1) is 0 Å². The van der Waals surface area contributed by atoms with Crippen LogP contribution in [0.25, 0.3) is 0 Å². The number of aliphatic hydroxyl groups is 1. The molecule has 0 bridgehead atoms. The van der Waals surface area contributed by atoms with Crippen LogP contribution in [0.3, 0.4) is 0 Å². The molecule has 1 aliphatic heterocycles. The van der Waals surface area contributed by atoms with Gasteiger partial charge in [-0.2, -0.15) is 0 Å². The average molecular weight is 221 g/mol. The maximum absolute atomic E-state index is 10.2. The van der Waals surface area contributed by atoms with E-state index in [-0.39, 0.29) is 6.04 Å². The van der Waals surface area contributed by atoms with Crippen molar-refractivity contribution in [2.45, 2.75) is 44.8 Å². The predicted octanol–water partition coefficient (Wildman–Crippen LogP) is 1.61. The van der Waals surface area contributed by atoms with Crippen LogP contribution in [0.15, 0.2) is 18.6 Å². The lowest BCUT2D eigenvalue weighted by atomic mass is 9.89. The Morgan fingerprint density at radius 1 is 1.44 bits per heavy atom. The second-order valence-electron chi connectivity index (χ2n) is 4.93. The van der Waals surface area contributed by atoms with Gasteiger partial charge in [0, 0.05) is 12.7 Å². The third kappa shape index (κ3) is 2.32. The molecule has 2 heterocycles. The molecule has 0 radical (unpaired) electrons. The van der Waals surface area contributed by atoms with Crippen LogP contribution in [-0.2, 0) is 0 Å². The lowest BCUT2D eigenvalue weighted by Gasteiger charge is -2.42. The zero-order chi connectivity index (χ0) is 11.6. The number of rotatable bonds is 2. The van der Waals surface area contributed by atoms with Crippen molar-refractivity contribution < 1.29 is 5.11 Å². The molecule has 0 aliphatic carbocycles. The Bertz CT molecular complexity index is 334. The van der Waals surface area contributed by atoms with Gasteiger partial charge in [-0.25, -0.2) is 9.97 Å². The maximum atomic E-state index is 10.2. The van der Waals surface area contributed by atoms with Crippen molar-refractivity contribution in [2.24, 2.45) is 0 Å². The molecule has 4 nitrogen and oxygen atoms in total. The van der Waals surface area contributed by atoms with Gasteiger partial charge in [0.1, 0.15) is 12.1 Å². The van der Waals surface area contributed by atoms with Gasteiger partial charge in [0.15, 0.2) is 0 Å². The Kier molecular flexibility index (Phi) is 3.10. The largest absolute Gasteiger partial charge is 0.388 e. The first-order valence-electron chi connectivity index (χ1n) is 5.84. The van der Waals surface area contributed by atoms with Gasteiger partial charge in [-0.05, 0) is 39.2 Å². The van der Waals surface area contributed by atoms with Gasteiger partial charge in [0.25, 0.3) is 0 Å². The van der Waals surface area contributed by atoms with E-state index in [1.165, 1.54) is 6.42 Å². The van der Waals surface area contributed by atoms with E-state index in [9.17, 15) is 5.11 Å². The standard InChI is InChI=1S/C12H19N3O/c1-12(2,16)10-5-3-4-8-15(10)11-6-7-13-9-14-11/h6-7,9-10,16H,3-5,8H2,1-2H3. The summed E-state index contributed by atoms with van der Waals surface area (Å²) in [7, 11) is 0. The molecule has 1 unspecified atom stereocenters. The predicted molar refractivity (Wildman–Crippen MR) is 63.3 cm³/mol.